The first-order chi connectivity index (χ1) is 29.2. The molecule has 14 nitrogen and oxygen atoms in total. The van der Waals surface area contributed by atoms with Crippen molar-refractivity contribution in [3.05, 3.63) is 84.8 Å². The van der Waals surface area contributed by atoms with Crippen molar-refractivity contribution >= 4 is 46.4 Å². The summed E-state index contributed by atoms with van der Waals surface area (Å²) in [7, 11) is 1.88. The monoisotopic (exact) mass is 814 g/mol. The predicted molar refractivity (Wildman–Crippen MR) is 228 cm³/mol. The van der Waals surface area contributed by atoms with Gasteiger partial charge in [0, 0.05) is 88.5 Å². The number of aromatic nitrogens is 4. The molecule has 0 atom stereocenters. The highest BCUT2D eigenvalue weighted by Gasteiger charge is 2.31. The van der Waals surface area contributed by atoms with Gasteiger partial charge in [-0.1, -0.05) is 48.5 Å². The van der Waals surface area contributed by atoms with Gasteiger partial charge in [0.25, 0.3) is 0 Å². The first-order valence-electron chi connectivity index (χ1n) is 21.2. The molecule has 2 aromatic heterocycles. The van der Waals surface area contributed by atoms with Crippen LogP contribution in [0.4, 0.5) is 31.4 Å². The summed E-state index contributed by atoms with van der Waals surface area (Å²) >= 11 is 0. The summed E-state index contributed by atoms with van der Waals surface area (Å²) in [4.78, 5) is 54.5. The number of nitrogens with zero attached hydrogens (tertiary/aromatic N) is 8. The molecule has 2 N–H and O–H groups in total. The average Bonchev–Trinajstić information content (AvgIpc) is 3.60. The normalized spacial score (nSPS) is 20.7. The van der Waals surface area contributed by atoms with E-state index in [0.717, 1.165) is 99.0 Å². The van der Waals surface area contributed by atoms with Gasteiger partial charge in [-0.25, -0.2) is 23.9 Å². The van der Waals surface area contributed by atoms with Crippen molar-refractivity contribution in [1.82, 2.24) is 34.9 Å². The van der Waals surface area contributed by atoms with Gasteiger partial charge in [-0.3, -0.25) is 24.6 Å². The van der Waals surface area contributed by atoms with Gasteiger partial charge in [0.15, 0.2) is 11.6 Å². The molecule has 312 valence electrons. The minimum Gasteiger partial charge on any atom is -0.446 e. The fourth-order valence-corrected chi connectivity index (χ4v) is 9.08. The van der Waals surface area contributed by atoms with E-state index in [0.29, 0.717) is 42.9 Å². The van der Waals surface area contributed by atoms with Crippen molar-refractivity contribution < 1.29 is 23.5 Å². The first-order valence-corrected chi connectivity index (χ1v) is 21.2. The lowest BCUT2D eigenvalue weighted by molar-refractivity contribution is -0.120. The molecule has 5 aromatic rings. The van der Waals surface area contributed by atoms with Crippen LogP contribution in [0.1, 0.15) is 44.9 Å². The lowest BCUT2D eigenvalue weighted by Gasteiger charge is -2.39. The molecule has 4 amide bonds. The third kappa shape index (κ3) is 8.62. The van der Waals surface area contributed by atoms with E-state index < -0.39 is 11.8 Å². The third-order valence-electron chi connectivity index (χ3n) is 12.5. The highest BCUT2D eigenvalue weighted by molar-refractivity contribution is 6.09. The van der Waals surface area contributed by atoms with Crippen LogP contribution in [-0.4, -0.2) is 112 Å². The largest absolute Gasteiger partial charge is 0.446 e. The Hall–Kier alpha value is -6.09. The summed E-state index contributed by atoms with van der Waals surface area (Å²) in [5, 5.41) is 11.3. The number of nitrogens with one attached hydrogen (secondary N) is 2. The Morgan fingerprint density at radius 2 is 1.60 bits per heavy atom. The number of anilines is 3. The molecule has 3 aliphatic heterocycles. The van der Waals surface area contributed by atoms with E-state index in [-0.39, 0.29) is 36.3 Å². The third-order valence-corrected chi connectivity index (χ3v) is 12.5. The maximum absolute atomic E-state index is 15.0. The molecule has 1 saturated carbocycles. The van der Waals surface area contributed by atoms with Gasteiger partial charge >= 0.3 is 12.1 Å². The number of fused-ring (bicyclic) bond motifs is 1. The smallest absolute Gasteiger partial charge is 0.410 e. The number of ether oxygens (including phenoxy) is 1. The van der Waals surface area contributed by atoms with Crippen molar-refractivity contribution in [2.75, 3.05) is 67.5 Å². The van der Waals surface area contributed by atoms with Crippen LogP contribution in [0.5, 0.6) is 0 Å². The van der Waals surface area contributed by atoms with Crippen LogP contribution in [0.15, 0.2) is 79.0 Å². The van der Waals surface area contributed by atoms with Gasteiger partial charge in [-0.05, 0) is 79.8 Å². The number of hydrogen-bond donors (Lipinski definition) is 2. The Labute approximate surface area is 348 Å². The van der Waals surface area contributed by atoms with E-state index in [2.05, 4.69) is 47.6 Å². The fourth-order valence-electron chi connectivity index (χ4n) is 9.08. The molecule has 0 unspecified atom stereocenters. The molecule has 1 aliphatic carbocycles. The molecule has 15 heteroatoms. The molecular weight excluding hydrogens is 764 g/mol. The summed E-state index contributed by atoms with van der Waals surface area (Å²) in [6.45, 7) is 6.52. The van der Waals surface area contributed by atoms with Crippen LogP contribution < -0.4 is 20.4 Å². The number of carbonyl (C=O) groups is 3. The number of hydrogen-bond acceptors (Lipinski definition) is 10. The number of benzene rings is 3. The molecule has 0 bridgehead atoms. The number of rotatable bonds is 9. The van der Waals surface area contributed by atoms with Crippen LogP contribution in [0, 0.1) is 11.7 Å². The van der Waals surface area contributed by atoms with E-state index in [1.54, 1.807) is 4.68 Å². The number of piperidine rings is 1. The molecule has 3 saturated heterocycles. The van der Waals surface area contributed by atoms with Crippen molar-refractivity contribution in [3.63, 3.8) is 0 Å². The standard InChI is InChI=1S/C45H51FN10O4/c1-52-39-27-35(12-15-37(39)42(51-52)56-21-18-40(57)49-44(56)58)54-24-22-53(23-25-54)29-30-16-19-55(20-17-30)45(59)60-36-13-10-34(11-14-36)48-43-47-28-38(46)41(50-43)33-9-5-8-32(26-33)31-6-3-2-4-7-31/h2-9,12,15,26-28,30,34,36H,10-11,13-14,16-25,29H2,1H3,(H,47,48,50)(H,49,57,58)/t34-,36-. The summed E-state index contributed by atoms with van der Waals surface area (Å²) in [6.07, 6.45) is 6.16. The Morgan fingerprint density at radius 1 is 0.850 bits per heavy atom. The summed E-state index contributed by atoms with van der Waals surface area (Å²) in [5.74, 6) is 0.772. The maximum Gasteiger partial charge on any atom is 0.410 e. The quantitative estimate of drug-likeness (QED) is 0.166. The number of piperazine rings is 1. The van der Waals surface area contributed by atoms with Gasteiger partial charge in [0.2, 0.25) is 11.9 Å². The molecule has 4 fully saturated rings. The molecule has 9 rings (SSSR count). The topological polar surface area (TPSA) is 141 Å². The predicted octanol–water partition coefficient (Wildman–Crippen LogP) is 6.68. The summed E-state index contributed by atoms with van der Waals surface area (Å²) < 4.78 is 22.8. The first kappa shape index (κ1) is 39.4. The fraction of sp³-hybridized carbons (Fsp3) is 0.422. The van der Waals surface area contributed by atoms with Gasteiger partial charge in [-0.15, -0.1) is 0 Å². The lowest BCUT2D eigenvalue weighted by Crippen LogP contribution is -2.49. The number of amides is 4. The average molecular weight is 815 g/mol. The second-order valence-corrected chi connectivity index (χ2v) is 16.5. The molecular formula is C45H51FN10O4. The number of imide groups is 1. The van der Waals surface area contributed by atoms with E-state index >= 15 is 0 Å². The molecule has 60 heavy (non-hydrogen) atoms. The van der Waals surface area contributed by atoms with Gasteiger partial charge in [0.1, 0.15) is 11.8 Å². The molecule has 3 aromatic carbocycles. The van der Waals surface area contributed by atoms with Crippen LogP contribution >= 0.6 is 0 Å². The van der Waals surface area contributed by atoms with Crippen LogP contribution in [0.2, 0.25) is 0 Å². The Bertz CT molecular complexity index is 2350. The van der Waals surface area contributed by atoms with E-state index in [1.807, 2.05) is 72.6 Å². The molecule has 4 aliphatic rings. The zero-order chi connectivity index (χ0) is 41.2. The minimum atomic E-state index is -0.468. The van der Waals surface area contributed by atoms with Gasteiger partial charge in [0.05, 0.1) is 11.7 Å². The van der Waals surface area contributed by atoms with Crippen LogP contribution in [0.25, 0.3) is 33.3 Å². The Kier molecular flexibility index (Phi) is 11.3. The van der Waals surface area contributed by atoms with Gasteiger partial charge < -0.3 is 19.9 Å². The molecule has 0 spiro atoms. The number of aryl methyl sites for hydroxylation is 1. The Balaban J connectivity index is 0.700. The van der Waals surface area contributed by atoms with Gasteiger partial charge in [-0.2, -0.15) is 5.10 Å². The number of carbonyl (C=O) groups excluding carboxylic acids is 3. The zero-order valence-electron chi connectivity index (χ0n) is 33.9. The molecule has 5 heterocycles. The maximum atomic E-state index is 15.0. The Morgan fingerprint density at radius 3 is 2.37 bits per heavy atom. The second kappa shape index (κ2) is 17.3. The lowest BCUT2D eigenvalue weighted by atomic mass is 9.93. The number of likely N-dealkylation sites (tertiary alicyclic amines) is 1. The van der Waals surface area contributed by atoms with Crippen molar-refractivity contribution in [2.45, 2.75) is 57.1 Å². The van der Waals surface area contributed by atoms with Crippen molar-refractivity contribution in [2.24, 2.45) is 13.0 Å². The van der Waals surface area contributed by atoms with E-state index in [9.17, 15) is 18.8 Å². The SMILES string of the molecule is Cn1nc(N2CCC(=O)NC2=O)c2ccc(N3CCN(CC4CCN(C(=O)O[C@H]5CC[C@H](Nc6ncc(F)c(-c7cccc(-c8ccccc8)c7)n6)CC5)CC4)CC3)cc21. The number of urea groups is 1. The summed E-state index contributed by atoms with van der Waals surface area (Å²) in [6, 6.07) is 23.7. The van der Waals surface area contributed by atoms with Crippen molar-refractivity contribution in [1.29, 1.82) is 0 Å². The minimum absolute atomic E-state index is 0.106. The second-order valence-electron chi connectivity index (χ2n) is 16.5. The number of halogens is 1. The van der Waals surface area contributed by atoms with Crippen LogP contribution in [-0.2, 0) is 16.6 Å². The van der Waals surface area contributed by atoms with E-state index in [4.69, 9.17) is 4.74 Å². The molecule has 0 radical (unpaired) electrons. The van der Waals surface area contributed by atoms with E-state index in [1.165, 1.54) is 11.1 Å². The van der Waals surface area contributed by atoms with Crippen LogP contribution in [0.3, 0.4) is 0 Å². The van der Waals surface area contributed by atoms with Crippen molar-refractivity contribution in [3.8, 4) is 22.4 Å². The zero-order valence-corrected chi connectivity index (χ0v) is 33.9. The highest BCUT2D eigenvalue weighted by Crippen LogP contribution is 2.32. The summed E-state index contributed by atoms with van der Waals surface area (Å²) in [5.41, 5.74) is 5.07. The highest BCUT2D eigenvalue weighted by atomic mass is 19.1.